The lowest BCUT2D eigenvalue weighted by atomic mass is 9.86. The summed E-state index contributed by atoms with van der Waals surface area (Å²) in [5.41, 5.74) is 1.09. The minimum atomic E-state index is -0.717. The van der Waals surface area contributed by atoms with Crippen molar-refractivity contribution < 1.29 is 9.59 Å². The van der Waals surface area contributed by atoms with Crippen LogP contribution in [0, 0.1) is 18.3 Å². The van der Waals surface area contributed by atoms with Crippen LogP contribution >= 0.6 is 0 Å². The van der Waals surface area contributed by atoms with Crippen LogP contribution in [0.4, 0.5) is 0 Å². The third-order valence-electron chi connectivity index (χ3n) is 3.33. The standard InChI is InChI=1S/C19H16O2/c1-2-3-14-17(18(20)15-10-6-4-7-11-15)19(21)16-12-8-5-9-13-16/h1,4-13,17H,3,14H2. The number of terminal acetylenes is 1. The Balaban J connectivity index is 2.29. The van der Waals surface area contributed by atoms with Gasteiger partial charge in [0.25, 0.3) is 0 Å². The molecule has 0 heterocycles. The van der Waals surface area contributed by atoms with Crippen LogP contribution in [0.2, 0.25) is 0 Å². The molecule has 0 aromatic heterocycles. The molecule has 0 spiro atoms. The minimum absolute atomic E-state index is 0.167. The average Bonchev–Trinajstić information content (AvgIpc) is 2.56. The normalized spacial score (nSPS) is 10.1. The second-order valence-electron chi connectivity index (χ2n) is 4.76. The van der Waals surface area contributed by atoms with Gasteiger partial charge in [-0.2, -0.15) is 0 Å². The highest BCUT2D eigenvalue weighted by molar-refractivity contribution is 6.16. The first-order valence-electron chi connectivity index (χ1n) is 6.86. The molecular formula is C19H16O2. The molecule has 2 aromatic rings. The fraction of sp³-hybridized carbons (Fsp3) is 0.158. The first-order valence-corrected chi connectivity index (χ1v) is 6.86. The molecule has 0 unspecified atom stereocenters. The van der Waals surface area contributed by atoms with Gasteiger partial charge < -0.3 is 0 Å². The number of rotatable bonds is 6. The molecule has 0 atom stereocenters. The molecule has 0 aliphatic heterocycles. The third-order valence-corrected chi connectivity index (χ3v) is 3.33. The summed E-state index contributed by atoms with van der Waals surface area (Å²) in [5.74, 6) is 1.46. The summed E-state index contributed by atoms with van der Waals surface area (Å²) < 4.78 is 0. The van der Waals surface area contributed by atoms with Gasteiger partial charge in [0.15, 0.2) is 11.6 Å². The van der Waals surface area contributed by atoms with E-state index in [1.807, 2.05) is 12.1 Å². The summed E-state index contributed by atoms with van der Waals surface area (Å²) in [7, 11) is 0. The number of ketones is 2. The summed E-state index contributed by atoms with van der Waals surface area (Å²) in [6.07, 6.45) is 6.06. The van der Waals surface area contributed by atoms with E-state index in [0.717, 1.165) is 0 Å². The molecule has 0 bridgehead atoms. The van der Waals surface area contributed by atoms with Gasteiger partial charge in [0, 0.05) is 17.5 Å². The highest BCUT2D eigenvalue weighted by Crippen LogP contribution is 2.19. The van der Waals surface area contributed by atoms with Gasteiger partial charge in [-0.05, 0) is 6.42 Å². The van der Waals surface area contributed by atoms with Crippen LogP contribution < -0.4 is 0 Å². The summed E-state index contributed by atoms with van der Waals surface area (Å²) >= 11 is 0. The van der Waals surface area contributed by atoms with Gasteiger partial charge >= 0.3 is 0 Å². The predicted octanol–water partition coefficient (Wildman–Crippen LogP) is 3.78. The molecule has 0 fully saturated rings. The second-order valence-corrected chi connectivity index (χ2v) is 4.76. The second kappa shape index (κ2) is 7.21. The average molecular weight is 276 g/mol. The van der Waals surface area contributed by atoms with Crippen molar-refractivity contribution in [2.24, 2.45) is 5.92 Å². The fourth-order valence-corrected chi connectivity index (χ4v) is 2.22. The maximum Gasteiger partial charge on any atom is 0.173 e. The van der Waals surface area contributed by atoms with Crippen LogP contribution in [-0.4, -0.2) is 11.6 Å². The molecule has 0 N–H and O–H groups in total. The molecular weight excluding hydrogens is 260 g/mol. The van der Waals surface area contributed by atoms with Crippen LogP contribution in [0.3, 0.4) is 0 Å². The van der Waals surface area contributed by atoms with E-state index in [2.05, 4.69) is 5.92 Å². The maximum absolute atomic E-state index is 12.6. The van der Waals surface area contributed by atoms with E-state index in [-0.39, 0.29) is 11.6 Å². The number of hydrogen-bond donors (Lipinski definition) is 0. The van der Waals surface area contributed by atoms with Crippen molar-refractivity contribution in [2.75, 3.05) is 0 Å². The Morgan fingerprint density at radius 1 is 0.857 bits per heavy atom. The molecule has 2 nitrogen and oxygen atoms in total. The van der Waals surface area contributed by atoms with E-state index < -0.39 is 5.92 Å². The number of carbonyl (C=O) groups excluding carboxylic acids is 2. The molecule has 0 aliphatic rings. The van der Waals surface area contributed by atoms with Gasteiger partial charge in [0.1, 0.15) is 0 Å². The Morgan fingerprint density at radius 2 is 1.29 bits per heavy atom. The zero-order chi connectivity index (χ0) is 15.1. The minimum Gasteiger partial charge on any atom is -0.293 e. The van der Waals surface area contributed by atoms with Gasteiger partial charge in [-0.25, -0.2) is 0 Å². The largest absolute Gasteiger partial charge is 0.293 e. The Hall–Kier alpha value is -2.66. The van der Waals surface area contributed by atoms with Gasteiger partial charge in [-0.1, -0.05) is 60.7 Å². The van der Waals surface area contributed by atoms with Gasteiger partial charge in [-0.15, -0.1) is 12.3 Å². The molecule has 2 heteroatoms. The molecule has 0 saturated heterocycles. The molecule has 21 heavy (non-hydrogen) atoms. The number of carbonyl (C=O) groups is 2. The van der Waals surface area contributed by atoms with Gasteiger partial charge in [0.05, 0.1) is 5.92 Å². The van der Waals surface area contributed by atoms with Crippen LogP contribution in [0.1, 0.15) is 33.6 Å². The molecule has 2 rings (SSSR count). The lowest BCUT2D eigenvalue weighted by molar-refractivity contribution is 0.0801. The Kier molecular flexibility index (Phi) is 5.06. The maximum atomic E-state index is 12.6. The molecule has 104 valence electrons. The SMILES string of the molecule is C#CCCC(C(=O)c1ccccc1)C(=O)c1ccccc1. The molecule has 0 amide bonds. The van der Waals surface area contributed by atoms with E-state index >= 15 is 0 Å². The van der Waals surface area contributed by atoms with Crippen molar-refractivity contribution >= 4 is 11.6 Å². The number of hydrogen-bond acceptors (Lipinski definition) is 2. The van der Waals surface area contributed by atoms with Crippen molar-refractivity contribution in [3.8, 4) is 12.3 Å². The van der Waals surface area contributed by atoms with Crippen molar-refractivity contribution in [3.63, 3.8) is 0 Å². The van der Waals surface area contributed by atoms with Crippen molar-refractivity contribution in [3.05, 3.63) is 71.8 Å². The van der Waals surface area contributed by atoms with E-state index in [0.29, 0.717) is 24.0 Å². The topological polar surface area (TPSA) is 34.1 Å². The van der Waals surface area contributed by atoms with Crippen molar-refractivity contribution in [1.82, 2.24) is 0 Å². The highest BCUT2D eigenvalue weighted by Gasteiger charge is 2.27. The smallest absolute Gasteiger partial charge is 0.173 e. The quantitative estimate of drug-likeness (QED) is 0.457. The molecule has 0 saturated carbocycles. The van der Waals surface area contributed by atoms with E-state index in [1.165, 1.54) is 0 Å². The van der Waals surface area contributed by atoms with Crippen LogP contribution in [0.5, 0.6) is 0 Å². The zero-order valence-electron chi connectivity index (χ0n) is 11.7. The van der Waals surface area contributed by atoms with Crippen molar-refractivity contribution in [2.45, 2.75) is 12.8 Å². The lowest BCUT2D eigenvalue weighted by Gasteiger charge is -2.14. The molecule has 0 radical (unpaired) electrons. The zero-order valence-corrected chi connectivity index (χ0v) is 11.7. The predicted molar refractivity (Wildman–Crippen MR) is 83.1 cm³/mol. The first-order chi connectivity index (χ1) is 10.2. The summed E-state index contributed by atoms with van der Waals surface area (Å²) in [4.78, 5) is 25.2. The van der Waals surface area contributed by atoms with E-state index in [9.17, 15) is 9.59 Å². The van der Waals surface area contributed by atoms with Gasteiger partial charge in [-0.3, -0.25) is 9.59 Å². The summed E-state index contributed by atoms with van der Waals surface area (Å²) in [5, 5.41) is 0. The molecule has 0 aliphatic carbocycles. The van der Waals surface area contributed by atoms with Crippen LogP contribution in [-0.2, 0) is 0 Å². The number of benzene rings is 2. The fourth-order valence-electron chi connectivity index (χ4n) is 2.22. The van der Waals surface area contributed by atoms with Gasteiger partial charge in [0.2, 0.25) is 0 Å². The monoisotopic (exact) mass is 276 g/mol. The molecule has 2 aromatic carbocycles. The van der Waals surface area contributed by atoms with Crippen LogP contribution in [0.15, 0.2) is 60.7 Å². The Labute approximate surface area is 124 Å². The Bertz CT molecular complexity index is 599. The number of Topliss-reactive ketones (excluding diaryl/α,β-unsaturated/α-hetero) is 2. The summed E-state index contributed by atoms with van der Waals surface area (Å²) in [6, 6.07) is 17.7. The van der Waals surface area contributed by atoms with Crippen molar-refractivity contribution in [1.29, 1.82) is 0 Å². The summed E-state index contributed by atoms with van der Waals surface area (Å²) in [6.45, 7) is 0. The lowest BCUT2D eigenvalue weighted by Crippen LogP contribution is -2.24. The first kappa shape index (κ1) is 14.7. The van der Waals surface area contributed by atoms with E-state index in [1.54, 1.807) is 48.5 Å². The van der Waals surface area contributed by atoms with Crippen LogP contribution in [0.25, 0.3) is 0 Å². The Morgan fingerprint density at radius 3 is 1.67 bits per heavy atom. The van der Waals surface area contributed by atoms with E-state index in [4.69, 9.17) is 6.42 Å². The third kappa shape index (κ3) is 3.67. The highest BCUT2D eigenvalue weighted by atomic mass is 16.1.